The van der Waals surface area contributed by atoms with Crippen molar-refractivity contribution < 1.29 is 9.18 Å². The number of nitrogens with zero attached hydrogens (tertiary/aromatic N) is 1. The lowest BCUT2D eigenvalue weighted by Crippen LogP contribution is -2.38. The van der Waals surface area contributed by atoms with E-state index in [0.29, 0.717) is 24.6 Å². The summed E-state index contributed by atoms with van der Waals surface area (Å²) in [7, 11) is 0. The molecule has 24 heavy (non-hydrogen) atoms. The maximum atomic E-state index is 12.9. The Hall–Kier alpha value is -1.21. The number of benzene rings is 1. The van der Waals surface area contributed by atoms with Gasteiger partial charge < -0.3 is 11.1 Å². The first-order valence-electron chi connectivity index (χ1n) is 7.34. The minimum atomic E-state index is -0.255. The zero-order chi connectivity index (χ0) is 15.5. The van der Waals surface area contributed by atoms with E-state index in [2.05, 4.69) is 10.3 Å². The molecule has 1 aromatic carbocycles. The molecule has 1 unspecified atom stereocenters. The van der Waals surface area contributed by atoms with Gasteiger partial charge >= 0.3 is 0 Å². The second kappa shape index (κ2) is 9.32. The van der Waals surface area contributed by atoms with Crippen LogP contribution in [-0.2, 0) is 6.42 Å². The highest BCUT2D eigenvalue weighted by Crippen LogP contribution is 2.31. The molecule has 1 atom stereocenters. The standard InChI is InChI=1S/C16H18FN3OS.2ClH/c17-12-5-1-10(2-6-12)7-15-20-14(9-22-15)16(21)19-8-13(18)11-3-4-11;;/h1-2,5-6,9,11,13H,3-4,7-8,18H2,(H,19,21);2*1H. The van der Waals surface area contributed by atoms with Crippen LogP contribution in [0.4, 0.5) is 4.39 Å². The van der Waals surface area contributed by atoms with Crippen LogP contribution in [0.5, 0.6) is 0 Å². The lowest BCUT2D eigenvalue weighted by molar-refractivity contribution is 0.0946. The van der Waals surface area contributed by atoms with Crippen LogP contribution < -0.4 is 11.1 Å². The molecule has 1 aromatic heterocycles. The zero-order valence-electron chi connectivity index (χ0n) is 12.9. The number of nitrogens with one attached hydrogen (secondary N) is 1. The summed E-state index contributed by atoms with van der Waals surface area (Å²) in [6.07, 6.45) is 2.92. The van der Waals surface area contributed by atoms with Crippen LogP contribution in [0.3, 0.4) is 0 Å². The number of aromatic nitrogens is 1. The van der Waals surface area contributed by atoms with E-state index >= 15 is 0 Å². The van der Waals surface area contributed by atoms with Crippen molar-refractivity contribution in [3.63, 3.8) is 0 Å². The first-order valence-corrected chi connectivity index (χ1v) is 8.22. The third-order valence-electron chi connectivity index (χ3n) is 3.78. The Labute approximate surface area is 156 Å². The molecule has 8 heteroatoms. The molecule has 0 radical (unpaired) electrons. The molecular weight excluding hydrogens is 372 g/mol. The third kappa shape index (κ3) is 5.70. The van der Waals surface area contributed by atoms with Crippen LogP contribution in [0.1, 0.15) is 33.9 Å². The minimum Gasteiger partial charge on any atom is -0.349 e. The molecule has 0 aliphatic heterocycles. The zero-order valence-corrected chi connectivity index (χ0v) is 15.4. The molecule has 1 saturated carbocycles. The van der Waals surface area contributed by atoms with Gasteiger partial charge in [-0.05, 0) is 36.5 Å². The molecule has 0 spiro atoms. The molecule has 1 aliphatic rings. The van der Waals surface area contributed by atoms with Crippen molar-refractivity contribution in [2.75, 3.05) is 6.54 Å². The van der Waals surface area contributed by atoms with Crippen molar-refractivity contribution in [2.45, 2.75) is 25.3 Å². The fourth-order valence-corrected chi connectivity index (χ4v) is 3.07. The van der Waals surface area contributed by atoms with Crippen LogP contribution in [0.15, 0.2) is 29.6 Å². The molecule has 1 heterocycles. The fraction of sp³-hybridized carbons (Fsp3) is 0.375. The van der Waals surface area contributed by atoms with Gasteiger partial charge in [-0.3, -0.25) is 4.79 Å². The fourth-order valence-electron chi connectivity index (χ4n) is 2.27. The Morgan fingerprint density at radius 2 is 2.00 bits per heavy atom. The summed E-state index contributed by atoms with van der Waals surface area (Å²) in [4.78, 5) is 16.4. The van der Waals surface area contributed by atoms with E-state index in [-0.39, 0.29) is 42.6 Å². The maximum absolute atomic E-state index is 12.9. The Kier molecular flexibility index (Phi) is 8.09. The average molecular weight is 392 g/mol. The van der Waals surface area contributed by atoms with Crippen molar-refractivity contribution in [1.82, 2.24) is 10.3 Å². The van der Waals surface area contributed by atoms with E-state index in [4.69, 9.17) is 5.73 Å². The molecule has 0 saturated heterocycles. The van der Waals surface area contributed by atoms with E-state index in [1.165, 1.54) is 23.5 Å². The van der Waals surface area contributed by atoms with Gasteiger partial charge in [-0.2, -0.15) is 0 Å². The molecule has 1 aliphatic carbocycles. The van der Waals surface area contributed by atoms with Gasteiger partial charge in [-0.15, -0.1) is 36.2 Å². The number of rotatable bonds is 6. The number of amides is 1. The SMILES string of the molecule is Cl.Cl.NC(CNC(=O)c1csc(Cc2ccc(F)cc2)n1)C1CC1. The molecule has 1 amide bonds. The van der Waals surface area contributed by atoms with Crippen molar-refractivity contribution in [3.05, 3.63) is 51.7 Å². The number of carbonyl (C=O) groups is 1. The average Bonchev–Trinajstić information content (AvgIpc) is 3.27. The Morgan fingerprint density at radius 3 is 2.62 bits per heavy atom. The predicted molar refractivity (Wildman–Crippen MR) is 98.8 cm³/mol. The Balaban J connectivity index is 0.00000144. The molecule has 2 aromatic rings. The van der Waals surface area contributed by atoms with Gasteiger partial charge in [0.05, 0.1) is 5.01 Å². The van der Waals surface area contributed by atoms with Crippen LogP contribution >= 0.6 is 36.2 Å². The van der Waals surface area contributed by atoms with E-state index in [1.54, 1.807) is 17.5 Å². The van der Waals surface area contributed by atoms with Crippen molar-refractivity contribution in [1.29, 1.82) is 0 Å². The van der Waals surface area contributed by atoms with Crippen molar-refractivity contribution >= 4 is 42.1 Å². The molecule has 3 rings (SSSR count). The van der Waals surface area contributed by atoms with Crippen LogP contribution in [-0.4, -0.2) is 23.5 Å². The normalized spacial score (nSPS) is 14.2. The largest absolute Gasteiger partial charge is 0.349 e. The van der Waals surface area contributed by atoms with Gasteiger partial charge in [-0.25, -0.2) is 9.37 Å². The second-order valence-corrected chi connectivity index (χ2v) is 6.58. The van der Waals surface area contributed by atoms with Gasteiger partial charge in [0.15, 0.2) is 0 Å². The summed E-state index contributed by atoms with van der Waals surface area (Å²) in [5.41, 5.74) is 7.35. The third-order valence-corrected chi connectivity index (χ3v) is 4.63. The van der Waals surface area contributed by atoms with Gasteiger partial charge in [0.2, 0.25) is 0 Å². The molecule has 1 fully saturated rings. The molecule has 132 valence electrons. The van der Waals surface area contributed by atoms with Gasteiger partial charge in [0.25, 0.3) is 5.91 Å². The van der Waals surface area contributed by atoms with Crippen LogP contribution in [0.25, 0.3) is 0 Å². The lowest BCUT2D eigenvalue weighted by atomic mass is 10.1. The van der Waals surface area contributed by atoms with E-state index in [0.717, 1.165) is 23.4 Å². The quantitative estimate of drug-likeness (QED) is 0.794. The number of nitrogens with two attached hydrogens (primary N) is 1. The smallest absolute Gasteiger partial charge is 0.270 e. The van der Waals surface area contributed by atoms with Crippen molar-refractivity contribution in [2.24, 2.45) is 11.7 Å². The lowest BCUT2D eigenvalue weighted by Gasteiger charge is -2.10. The summed E-state index contributed by atoms with van der Waals surface area (Å²) in [5.74, 6) is 0.123. The highest BCUT2D eigenvalue weighted by molar-refractivity contribution is 7.09. The number of thiazole rings is 1. The maximum Gasteiger partial charge on any atom is 0.270 e. The molecule has 0 bridgehead atoms. The number of hydrogen-bond acceptors (Lipinski definition) is 4. The van der Waals surface area contributed by atoms with Crippen LogP contribution in [0, 0.1) is 11.7 Å². The van der Waals surface area contributed by atoms with Gasteiger partial charge in [-0.1, -0.05) is 12.1 Å². The predicted octanol–water partition coefficient (Wildman–Crippen LogP) is 3.18. The summed E-state index contributed by atoms with van der Waals surface area (Å²) < 4.78 is 12.9. The Morgan fingerprint density at radius 1 is 1.33 bits per heavy atom. The van der Waals surface area contributed by atoms with Crippen molar-refractivity contribution in [3.8, 4) is 0 Å². The van der Waals surface area contributed by atoms with Gasteiger partial charge in [0.1, 0.15) is 11.5 Å². The summed E-state index contributed by atoms with van der Waals surface area (Å²) >= 11 is 1.43. The number of hydrogen-bond donors (Lipinski definition) is 2. The molecule has 4 nitrogen and oxygen atoms in total. The minimum absolute atomic E-state index is 0. The topological polar surface area (TPSA) is 68.0 Å². The monoisotopic (exact) mass is 391 g/mol. The van der Waals surface area contributed by atoms with E-state index in [9.17, 15) is 9.18 Å². The first-order chi connectivity index (χ1) is 10.6. The highest BCUT2D eigenvalue weighted by atomic mass is 35.5. The molecule has 3 N–H and O–H groups in total. The summed E-state index contributed by atoms with van der Waals surface area (Å²) in [6.45, 7) is 0.494. The molecular formula is C16H20Cl2FN3OS. The number of halogens is 3. The van der Waals surface area contributed by atoms with E-state index < -0.39 is 0 Å². The highest BCUT2D eigenvalue weighted by Gasteiger charge is 2.28. The van der Waals surface area contributed by atoms with Crippen LogP contribution in [0.2, 0.25) is 0 Å². The van der Waals surface area contributed by atoms with Gasteiger partial charge in [0, 0.05) is 24.4 Å². The summed E-state index contributed by atoms with van der Waals surface area (Å²) in [6, 6.07) is 6.35. The van der Waals surface area contributed by atoms with E-state index in [1.807, 2.05) is 0 Å². The Bertz CT molecular complexity index is 662. The summed E-state index contributed by atoms with van der Waals surface area (Å²) in [5, 5.41) is 5.42. The first kappa shape index (κ1) is 20.8. The number of carbonyl (C=O) groups excluding carboxylic acids is 1. The second-order valence-electron chi connectivity index (χ2n) is 5.64.